The Balaban J connectivity index is 2.53. The molecule has 0 aliphatic carbocycles. The highest BCUT2D eigenvalue weighted by molar-refractivity contribution is 6.80. The van der Waals surface area contributed by atoms with Gasteiger partial charge in [0.1, 0.15) is 0 Å². The largest absolute Gasteiger partial charge is 0.443 e. The zero-order valence-electron chi connectivity index (χ0n) is 12.4. The Morgan fingerprint density at radius 3 is 1.79 bits per heavy atom. The van der Waals surface area contributed by atoms with Crippen LogP contribution in [0.15, 0.2) is 30.3 Å². The van der Waals surface area contributed by atoms with Crippen molar-refractivity contribution in [3.63, 3.8) is 0 Å². The summed E-state index contributed by atoms with van der Waals surface area (Å²) in [6.07, 6.45) is 0. The van der Waals surface area contributed by atoms with Gasteiger partial charge in [0.25, 0.3) is 0 Å². The molecule has 1 nitrogen and oxygen atoms in total. The van der Waals surface area contributed by atoms with E-state index in [9.17, 15) is 5.02 Å². The van der Waals surface area contributed by atoms with Crippen LogP contribution in [0.2, 0.25) is 0 Å². The molecular formula is C17H21BO. The number of hydrogen-bond donors (Lipinski definition) is 1. The minimum Gasteiger partial charge on any atom is -0.443 e. The molecular weight excluding hydrogens is 231 g/mol. The molecule has 0 aliphatic rings. The fourth-order valence-corrected chi connectivity index (χ4v) is 2.91. The number of aryl methyl sites for hydroxylation is 5. The minimum absolute atomic E-state index is 0.541. The maximum Gasteiger partial charge on any atom is 0.359 e. The molecule has 0 aromatic heterocycles. The summed E-state index contributed by atoms with van der Waals surface area (Å²) in [5.41, 5.74) is 7.97. The summed E-state index contributed by atoms with van der Waals surface area (Å²) in [6.45, 7) is 9.83. The van der Waals surface area contributed by atoms with E-state index in [4.69, 9.17) is 0 Å². The third-order valence-electron chi connectivity index (χ3n) is 3.73. The van der Waals surface area contributed by atoms with Gasteiger partial charge in [-0.05, 0) is 45.5 Å². The summed E-state index contributed by atoms with van der Waals surface area (Å²) < 4.78 is 0. The van der Waals surface area contributed by atoms with Crippen LogP contribution in [0.5, 0.6) is 0 Å². The second-order valence-corrected chi connectivity index (χ2v) is 5.57. The van der Waals surface area contributed by atoms with E-state index in [2.05, 4.69) is 58.9 Å². The molecule has 0 atom stereocenters. The van der Waals surface area contributed by atoms with Crippen molar-refractivity contribution in [2.24, 2.45) is 0 Å². The standard InChI is InChI=1S/C17H21BO/c1-11-6-7-16(13(3)8-11)18(19)17-14(4)9-12(2)10-15(17)5/h6-10,19H,1-5H3. The second kappa shape index (κ2) is 5.22. The lowest BCUT2D eigenvalue weighted by Gasteiger charge is -2.17. The molecule has 2 rings (SSSR count). The third-order valence-corrected chi connectivity index (χ3v) is 3.73. The van der Waals surface area contributed by atoms with E-state index in [1.165, 1.54) is 11.1 Å². The van der Waals surface area contributed by atoms with Crippen LogP contribution in [-0.2, 0) is 0 Å². The summed E-state index contributed by atoms with van der Waals surface area (Å²) in [5.74, 6) is 0. The zero-order valence-corrected chi connectivity index (χ0v) is 12.4. The molecule has 2 aromatic rings. The highest BCUT2D eigenvalue weighted by Crippen LogP contribution is 2.08. The lowest BCUT2D eigenvalue weighted by atomic mass is 9.52. The minimum atomic E-state index is -0.541. The Morgan fingerprint density at radius 1 is 0.737 bits per heavy atom. The maximum atomic E-state index is 10.7. The topological polar surface area (TPSA) is 20.2 Å². The van der Waals surface area contributed by atoms with Gasteiger partial charge in [-0.1, -0.05) is 58.1 Å². The first kappa shape index (κ1) is 13.9. The van der Waals surface area contributed by atoms with E-state index >= 15 is 0 Å². The van der Waals surface area contributed by atoms with Crippen LogP contribution in [-0.4, -0.2) is 11.9 Å². The lowest BCUT2D eigenvalue weighted by molar-refractivity contribution is 0.599. The Morgan fingerprint density at radius 2 is 1.26 bits per heavy atom. The normalized spacial score (nSPS) is 10.6. The second-order valence-electron chi connectivity index (χ2n) is 5.57. The summed E-state index contributed by atoms with van der Waals surface area (Å²) in [7, 11) is 0. The molecule has 0 saturated heterocycles. The first-order valence-corrected chi connectivity index (χ1v) is 6.73. The fourth-order valence-electron chi connectivity index (χ4n) is 2.91. The van der Waals surface area contributed by atoms with Crippen molar-refractivity contribution >= 4 is 17.8 Å². The average molecular weight is 252 g/mol. The predicted molar refractivity (Wildman–Crippen MR) is 83.8 cm³/mol. The molecule has 0 unspecified atom stereocenters. The number of hydrogen-bond acceptors (Lipinski definition) is 1. The van der Waals surface area contributed by atoms with E-state index in [0.29, 0.717) is 0 Å². The van der Waals surface area contributed by atoms with Gasteiger partial charge in [0.05, 0.1) is 0 Å². The molecule has 0 amide bonds. The molecule has 0 bridgehead atoms. The van der Waals surface area contributed by atoms with Crippen molar-refractivity contribution in [3.8, 4) is 0 Å². The SMILES string of the molecule is Cc1ccc(B(O)c2c(C)cc(C)cc2C)c(C)c1. The fraction of sp³-hybridized carbons (Fsp3) is 0.294. The van der Waals surface area contributed by atoms with Gasteiger partial charge in [-0.2, -0.15) is 0 Å². The van der Waals surface area contributed by atoms with E-state index in [-0.39, 0.29) is 0 Å². The predicted octanol–water partition coefficient (Wildman–Crippen LogP) is 2.33. The molecule has 98 valence electrons. The van der Waals surface area contributed by atoms with Gasteiger partial charge < -0.3 is 5.02 Å². The van der Waals surface area contributed by atoms with Crippen LogP contribution in [0.3, 0.4) is 0 Å². The summed E-state index contributed by atoms with van der Waals surface area (Å²) in [4.78, 5) is 0. The van der Waals surface area contributed by atoms with Crippen molar-refractivity contribution in [2.75, 3.05) is 0 Å². The highest BCUT2D eigenvalue weighted by atomic mass is 16.2. The first-order valence-electron chi connectivity index (χ1n) is 6.73. The quantitative estimate of drug-likeness (QED) is 0.813. The van der Waals surface area contributed by atoms with Crippen molar-refractivity contribution in [1.29, 1.82) is 0 Å². The summed E-state index contributed by atoms with van der Waals surface area (Å²) >= 11 is 0. The van der Waals surface area contributed by atoms with E-state index in [0.717, 1.165) is 27.6 Å². The van der Waals surface area contributed by atoms with Crippen LogP contribution in [0.25, 0.3) is 0 Å². The van der Waals surface area contributed by atoms with Gasteiger partial charge in [-0.3, -0.25) is 0 Å². The molecule has 1 N–H and O–H groups in total. The van der Waals surface area contributed by atoms with E-state index < -0.39 is 6.92 Å². The van der Waals surface area contributed by atoms with Crippen molar-refractivity contribution in [1.82, 2.24) is 0 Å². The van der Waals surface area contributed by atoms with Gasteiger partial charge in [-0.15, -0.1) is 0 Å². The Kier molecular flexibility index (Phi) is 3.82. The number of benzene rings is 2. The van der Waals surface area contributed by atoms with Gasteiger partial charge in [0.15, 0.2) is 0 Å². The Bertz CT molecular complexity index is 594. The summed E-state index contributed by atoms with van der Waals surface area (Å²) in [6, 6.07) is 10.5. The van der Waals surface area contributed by atoms with Gasteiger partial charge in [0.2, 0.25) is 0 Å². The molecule has 0 heterocycles. The van der Waals surface area contributed by atoms with E-state index in [1.807, 2.05) is 6.07 Å². The first-order chi connectivity index (χ1) is 8.90. The zero-order chi connectivity index (χ0) is 14.2. The molecule has 0 fully saturated rings. The molecule has 19 heavy (non-hydrogen) atoms. The lowest BCUT2D eigenvalue weighted by Crippen LogP contribution is -2.46. The molecule has 0 radical (unpaired) electrons. The molecule has 2 aromatic carbocycles. The van der Waals surface area contributed by atoms with Gasteiger partial charge in [0, 0.05) is 0 Å². The van der Waals surface area contributed by atoms with Gasteiger partial charge >= 0.3 is 6.92 Å². The monoisotopic (exact) mass is 252 g/mol. The van der Waals surface area contributed by atoms with Crippen LogP contribution in [0, 0.1) is 34.6 Å². The maximum absolute atomic E-state index is 10.7. The van der Waals surface area contributed by atoms with Crippen molar-refractivity contribution in [3.05, 3.63) is 58.1 Å². The highest BCUT2D eigenvalue weighted by Gasteiger charge is 2.22. The van der Waals surface area contributed by atoms with E-state index in [1.54, 1.807) is 0 Å². The molecule has 0 spiro atoms. The Labute approximate surface area is 116 Å². The van der Waals surface area contributed by atoms with Crippen LogP contribution in [0.1, 0.15) is 27.8 Å². The van der Waals surface area contributed by atoms with Crippen LogP contribution in [0.4, 0.5) is 0 Å². The average Bonchev–Trinajstić information content (AvgIpc) is 2.26. The molecule has 0 saturated carbocycles. The van der Waals surface area contributed by atoms with Gasteiger partial charge in [-0.25, -0.2) is 0 Å². The smallest absolute Gasteiger partial charge is 0.359 e. The van der Waals surface area contributed by atoms with Crippen LogP contribution < -0.4 is 10.9 Å². The van der Waals surface area contributed by atoms with Crippen molar-refractivity contribution < 1.29 is 5.02 Å². The molecule has 0 aliphatic heterocycles. The third kappa shape index (κ3) is 2.74. The van der Waals surface area contributed by atoms with Crippen molar-refractivity contribution in [2.45, 2.75) is 34.6 Å². The number of rotatable bonds is 2. The van der Waals surface area contributed by atoms with Crippen LogP contribution >= 0.6 is 0 Å². The summed E-state index contributed by atoms with van der Waals surface area (Å²) in [5, 5.41) is 10.7. The molecule has 2 heteroatoms. The Hall–Kier alpha value is -1.54.